The van der Waals surface area contributed by atoms with Crippen LogP contribution in [-0.4, -0.2) is 63.1 Å². The summed E-state index contributed by atoms with van der Waals surface area (Å²) in [5, 5.41) is 0. The number of hydrogen-bond donors (Lipinski definition) is 0. The largest absolute Gasteiger partial charge is 0.463 e. The third-order valence-corrected chi connectivity index (χ3v) is 4.83. The maximum absolute atomic E-state index is 11.6. The summed E-state index contributed by atoms with van der Waals surface area (Å²) in [7, 11) is -1.84. The number of carbonyl (C=O) groups is 1. The van der Waals surface area contributed by atoms with Crippen LogP contribution < -0.4 is 0 Å². The molecule has 2 heterocycles. The second kappa shape index (κ2) is 6.59. The van der Waals surface area contributed by atoms with E-state index in [1.807, 2.05) is 0 Å². The van der Waals surface area contributed by atoms with Gasteiger partial charge in [-0.15, -0.1) is 0 Å². The van der Waals surface area contributed by atoms with E-state index in [1.54, 1.807) is 6.07 Å². The van der Waals surface area contributed by atoms with E-state index in [9.17, 15) is 13.2 Å². The van der Waals surface area contributed by atoms with Crippen LogP contribution in [0.15, 0.2) is 16.7 Å². The average Bonchev–Trinajstić information content (AvgIpc) is 2.73. The van der Waals surface area contributed by atoms with Crippen LogP contribution in [0.3, 0.4) is 0 Å². The van der Waals surface area contributed by atoms with Crippen LogP contribution in [0.4, 0.5) is 0 Å². The van der Waals surface area contributed by atoms with Crippen molar-refractivity contribution in [1.29, 1.82) is 0 Å². The van der Waals surface area contributed by atoms with Crippen LogP contribution >= 0.6 is 0 Å². The summed E-state index contributed by atoms with van der Waals surface area (Å²) in [6.07, 6.45) is 3.45. The van der Waals surface area contributed by atoms with Gasteiger partial charge in [0.05, 0.1) is 19.6 Å². The molecule has 0 aliphatic carbocycles. The Morgan fingerprint density at radius 3 is 2.76 bits per heavy atom. The minimum absolute atomic E-state index is 0.210. The molecule has 1 aromatic heterocycles. The van der Waals surface area contributed by atoms with Gasteiger partial charge in [0.25, 0.3) is 0 Å². The van der Waals surface area contributed by atoms with E-state index in [0.29, 0.717) is 26.2 Å². The highest BCUT2D eigenvalue weighted by Crippen LogP contribution is 2.16. The Balaban J connectivity index is 2.01. The Bertz CT molecular complexity index is 595. The van der Waals surface area contributed by atoms with Gasteiger partial charge in [0.2, 0.25) is 15.8 Å². The summed E-state index contributed by atoms with van der Waals surface area (Å²) in [5.41, 5.74) is 0.759. The molecule has 21 heavy (non-hydrogen) atoms. The zero-order valence-corrected chi connectivity index (χ0v) is 13.1. The van der Waals surface area contributed by atoms with Crippen molar-refractivity contribution in [2.24, 2.45) is 0 Å². The number of furan rings is 1. The monoisotopic (exact) mass is 316 g/mol. The van der Waals surface area contributed by atoms with Crippen LogP contribution in [0.5, 0.6) is 0 Å². The van der Waals surface area contributed by atoms with E-state index >= 15 is 0 Å². The molecular weight excluding hydrogens is 296 g/mol. The number of hydrogen-bond acceptors (Lipinski definition) is 6. The highest BCUT2D eigenvalue weighted by atomic mass is 32.2. The predicted octanol–water partition coefficient (Wildman–Crippen LogP) is 0.534. The molecule has 0 bridgehead atoms. The van der Waals surface area contributed by atoms with E-state index in [4.69, 9.17) is 4.42 Å². The third kappa shape index (κ3) is 4.05. The highest BCUT2D eigenvalue weighted by molar-refractivity contribution is 7.88. The first-order valence-corrected chi connectivity index (χ1v) is 8.59. The Hall–Kier alpha value is -1.38. The van der Waals surface area contributed by atoms with Gasteiger partial charge >= 0.3 is 5.97 Å². The maximum atomic E-state index is 11.6. The first-order chi connectivity index (χ1) is 9.91. The molecule has 2 rings (SSSR count). The smallest absolute Gasteiger partial charge is 0.374 e. The molecule has 0 N–H and O–H groups in total. The van der Waals surface area contributed by atoms with E-state index in [0.717, 1.165) is 18.5 Å². The molecule has 1 aliphatic heterocycles. The number of sulfonamides is 1. The lowest BCUT2D eigenvalue weighted by Gasteiger charge is -2.20. The van der Waals surface area contributed by atoms with Gasteiger partial charge in [0, 0.05) is 31.7 Å². The fraction of sp³-hybridized carbons (Fsp3) is 0.615. The summed E-state index contributed by atoms with van der Waals surface area (Å²) in [4.78, 5) is 13.7. The lowest BCUT2D eigenvalue weighted by molar-refractivity contribution is 0.0561. The average molecular weight is 316 g/mol. The summed E-state index contributed by atoms with van der Waals surface area (Å²) in [6, 6.07) is 1.74. The van der Waals surface area contributed by atoms with Crippen molar-refractivity contribution in [3.8, 4) is 0 Å². The van der Waals surface area contributed by atoms with Crippen molar-refractivity contribution >= 4 is 16.0 Å². The van der Waals surface area contributed by atoms with Crippen LogP contribution in [0, 0.1) is 0 Å². The molecule has 7 nitrogen and oxygen atoms in total. The number of methoxy groups -OCH3 is 1. The normalized spacial score (nSPS) is 18.4. The van der Waals surface area contributed by atoms with Gasteiger partial charge in [0.15, 0.2) is 0 Å². The number of nitrogens with zero attached hydrogens (tertiary/aromatic N) is 2. The molecule has 0 amide bonds. The zero-order chi connectivity index (χ0) is 15.5. The minimum atomic E-state index is -3.15. The lowest BCUT2D eigenvalue weighted by atomic mass is 10.2. The van der Waals surface area contributed by atoms with Crippen LogP contribution in [0.2, 0.25) is 0 Å². The fourth-order valence-corrected chi connectivity index (χ4v) is 3.28. The molecule has 1 saturated heterocycles. The van der Waals surface area contributed by atoms with E-state index in [1.165, 1.54) is 23.9 Å². The molecule has 1 fully saturated rings. The van der Waals surface area contributed by atoms with Gasteiger partial charge in [-0.3, -0.25) is 4.90 Å². The van der Waals surface area contributed by atoms with Gasteiger partial charge in [-0.25, -0.2) is 17.5 Å². The lowest BCUT2D eigenvalue weighted by Crippen LogP contribution is -2.34. The summed E-state index contributed by atoms with van der Waals surface area (Å²) >= 11 is 0. The topological polar surface area (TPSA) is 80.1 Å². The number of rotatable bonds is 4. The maximum Gasteiger partial charge on any atom is 0.374 e. The molecule has 0 spiro atoms. The van der Waals surface area contributed by atoms with Gasteiger partial charge in [-0.1, -0.05) is 0 Å². The van der Waals surface area contributed by atoms with E-state index in [-0.39, 0.29) is 5.76 Å². The molecule has 0 aromatic carbocycles. The molecule has 0 atom stereocenters. The molecular formula is C13H20N2O5S. The Kier molecular flexibility index (Phi) is 5.02. The first kappa shape index (κ1) is 16.0. The quantitative estimate of drug-likeness (QED) is 0.754. The Morgan fingerprint density at radius 2 is 2.10 bits per heavy atom. The second-order valence-corrected chi connectivity index (χ2v) is 7.04. The second-order valence-electron chi connectivity index (χ2n) is 5.06. The highest BCUT2D eigenvalue weighted by Gasteiger charge is 2.23. The van der Waals surface area contributed by atoms with Crippen molar-refractivity contribution < 1.29 is 22.4 Å². The predicted molar refractivity (Wildman–Crippen MR) is 76.4 cm³/mol. The zero-order valence-electron chi connectivity index (χ0n) is 12.2. The third-order valence-electron chi connectivity index (χ3n) is 3.53. The van der Waals surface area contributed by atoms with Crippen LogP contribution in [0.1, 0.15) is 22.5 Å². The SMILES string of the molecule is COC(=O)c1occc1CN1CCCN(S(C)(=O)=O)CC1. The summed E-state index contributed by atoms with van der Waals surface area (Å²) in [6.45, 7) is 2.93. The molecule has 1 aliphatic rings. The fourth-order valence-electron chi connectivity index (χ4n) is 2.41. The van der Waals surface area contributed by atoms with Gasteiger partial charge in [0.1, 0.15) is 0 Å². The molecule has 1 aromatic rings. The molecule has 0 saturated carbocycles. The van der Waals surface area contributed by atoms with Gasteiger partial charge in [-0.05, 0) is 19.0 Å². The molecule has 0 unspecified atom stereocenters. The number of ether oxygens (including phenoxy) is 1. The molecule has 118 valence electrons. The van der Waals surface area contributed by atoms with Crippen molar-refractivity contribution in [1.82, 2.24) is 9.21 Å². The van der Waals surface area contributed by atoms with Crippen molar-refractivity contribution in [3.63, 3.8) is 0 Å². The van der Waals surface area contributed by atoms with E-state index < -0.39 is 16.0 Å². The van der Waals surface area contributed by atoms with Gasteiger partial charge < -0.3 is 9.15 Å². The van der Waals surface area contributed by atoms with Crippen molar-refractivity contribution in [3.05, 3.63) is 23.7 Å². The Morgan fingerprint density at radius 1 is 1.33 bits per heavy atom. The van der Waals surface area contributed by atoms with Crippen molar-refractivity contribution in [2.75, 3.05) is 39.5 Å². The van der Waals surface area contributed by atoms with Gasteiger partial charge in [-0.2, -0.15) is 0 Å². The minimum Gasteiger partial charge on any atom is -0.463 e. The Labute approximate surface area is 124 Å². The number of esters is 1. The standard InChI is InChI=1S/C13H20N2O5S/c1-19-13(16)12-11(4-9-20-12)10-14-5-3-6-15(8-7-14)21(2,17)18/h4,9H,3,5-8,10H2,1-2H3. The summed E-state index contributed by atoms with van der Waals surface area (Å²) in [5.74, 6) is -0.288. The molecule has 8 heteroatoms. The first-order valence-electron chi connectivity index (χ1n) is 6.74. The summed E-state index contributed by atoms with van der Waals surface area (Å²) < 4.78 is 34.5. The van der Waals surface area contributed by atoms with E-state index in [2.05, 4.69) is 9.64 Å². The van der Waals surface area contributed by atoms with Crippen LogP contribution in [-0.2, 0) is 21.3 Å². The van der Waals surface area contributed by atoms with Crippen molar-refractivity contribution in [2.45, 2.75) is 13.0 Å². The number of carbonyl (C=O) groups excluding carboxylic acids is 1. The van der Waals surface area contributed by atoms with Crippen LogP contribution in [0.25, 0.3) is 0 Å². The molecule has 0 radical (unpaired) electrons.